The highest BCUT2D eigenvalue weighted by Crippen LogP contribution is 2.30. The van der Waals surface area contributed by atoms with Crippen molar-refractivity contribution in [1.82, 2.24) is 94.0 Å². The van der Waals surface area contributed by atoms with Gasteiger partial charge >= 0.3 is 11.9 Å². The highest BCUT2D eigenvalue weighted by molar-refractivity contribution is 8.76. The van der Waals surface area contributed by atoms with Crippen LogP contribution >= 0.6 is 33.3 Å². The second kappa shape index (κ2) is 59.4. The summed E-state index contributed by atoms with van der Waals surface area (Å²) in [4.78, 5) is 293. The molecule has 49 heteroatoms. The Kier molecular flexibility index (Phi) is 49.8. The van der Waals surface area contributed by atoms with Crippen LogP contribution in [0.2, 0.25) is 0 Å². The van der Waals surface area contributed by atoms with Crippen LogP contribution in [0, 0.1) is 23.2 Å². The summed E-state index contributed by atoms with van der Waals surface area (Å²) < 4.78 is 0. The van der Waals surface area contributed by atoms with Crippen LogP contribution < -0.4 is 97.4 Å². The van der Waals surface area contributed by atoms with Gasteiger partial charge in [-0.1, -0.05) is 93.5 Å². The van der Waals surface area contributed by atoms with Crippen LogP contribution in [0.15, 0.2) is 30.3 Å². The number of hydrogen-bond donors (Lipinski definition) is 22. The third-order valence-corrected chi connectivity index (χ3v) is 27.5. The van der Waals surface area contributed by atoms with Gasteiger partial charge in [-0.05, 0) is 183 Å². The maximum absolute atomic E-state index is 15.6. The zero-order valence-corrected chi connectivity index (χ0v) is 83.0. The Balaban J connectivity index is 1.51. The topological polar surface area (TPSA) is 711 Å². The molecule has 1 aromatic rings. The molecule has 5 heterocycles. The average molecular weight is 2010 g/mol. The fraction of sp³-hybridized carbons (Fsp3) is 0.700. The first-order valence-corrected chi connectivity index (χ1v) is 51.6. The SMILES string of the molecule is CSCC[C@H](NC(=O)[C@@H]1CCCN1C(=O)[C@@H](NC(C)=O)C(C)C)C(=O)N[C@H]1CSSCC[C@@H](C(=O)N[C@@H](CCCCN)C(=O)N2CCC[C@H]2C(=O)N2CCC[C@H]2C(=O)N[C@@H](CCC(=O)O)C(N)=O)NC(=O)[C@H](Cc2ccccc2)NC(=O)[C@H](CO)NC(=O)[C@H](CC(=O)O)NC(=O)[C@@H]2CCCN2C(=O)[C@H](CC(C)C)NC(=O)[C@H](CCCCN)NC(=O)[C@H](CCCNC(=N)N)NC(=O)[C@H](CC(C)C)NC1=O. The molecular weight excluding hydrogens is 1870 g/mol. The predicted octanol–water partition coefficient (Wildman–Crippen LogP) is -3.86. The summed E-state index contributed by atoms with van der Waals surface area (Å²) in [7, 11) is 1.92. The zero-order valence-electron chi connectivity index (χ0n) is 80.5. The molecule has 139 heavy (non-hydrogen) atoms. The molecule has 0 saturated carbocycles. The van der Waals surface area contributed by atoms with Gasteiger partial charge in [0.1, 0.15) is 103 Å². The van der Waals surface area contributed by atoms with Crippen molar-refractivity contribution in [2.75, 3.05) is 75.9 Å². The number of aliphatic carboxylic acids is 2. The van der Waals surface area contributed by atoms with Gasteiger partial charge in [-0.15, -0.1) is 0 Å². The number of carbonyl (C=O) groups is 20. The van der Waals surface area contributed by atoms with E-state index >= 15 is 38.4 Å². The fourth-order valence-electron chi connectivity index (χ4n) is 17.1. The number of rotatable bonds is 41. The van der Waals surface area contributed by atoms with Gasteiger partial charge in [-0.2, -0.15) is 11.8 Å². The Morgan fingerprint density at radius 2 is 1.04 bits per heavy atom. The van der Waals surface area contributed by atoms with E-state index in [0.717, 1.165) is 26.5 Å². The summed E-state index contributed by atoms with van der Waals surface area (Å²) in [6.07, 6.45) is 1.02. The van der Waals surface area contributed by atoms with Crippen LogP contribution in [0.25, 0.3) is 0 Å². The van der Waals surface area contributed by atoms with Gasteiger partial charge in [-0.25, -0.2) is 0 Å². The second-order valence-corrected chi connectivity index (χ2v) is 40.3. The van der Waals surface area contributed by atoms with Gasteiger partial charge in [0.05, 0.1) is 13.0 Å². The molecule has 0 unspecified atom stereocenters. The number of carboxylic acids is 2. The number of benzene rings is 1. The highest BCUT2D eigenvalue weighted by Gasteiger charge is 2.48. The number of carbonyl (C=O) groups excluding carboxylic acids is 18. The molecule has 1 aromatic carbocycles. The first-order valence-electron chi connectivity index (χ1n) is 47.8. The average Bonchev–Trinajstić information content (AvgIpc) is 1.66. The molecule has 5 saturated heterocycles. The van der Waals surface area contributed by atoms with E-state index in [1.807, 2.05) is 0 Å². The summed E-state index contributed by atoms with van der Waals surface area (Å²) in [5.74, 6) is -20.9. The minimum atomic E-state index is -2.03. The van der Waals surface area contributed by atoms with Crippen LogP contribution in [0.4, 0.5) is 0 Å². The van der Waals surface area contributed by atoms with E-state index < -0.39 is 264 Å². The summed E-state index contributed by atoms with van der Waals surface area (Å²) in [5.41, 5.74) is 23.5. The summed E-state index contributed by atoms with van der Waals surface area (Å²) in [6.45, 7) is 10.8. The normalized spacial score (nSPS) is 24.2. The number of nitrogens with zero attached hydrogens (tertiary/aromatic N) is 4. The lowest BCUT2D eigenvalue weighted by Crippen LogP contribution is -2.61. The lowest BCUT2D eigenvalue weighted by molar-refractivity contribution is -0.148. The number of aliphatic hydroxyl groups is 1. The largest absolute Gasteiger partial charge is 0.481 e. The van der Waals surface area contributed by atoms with Crippen molar-refractivity contribution in [3.8, 4) is 0 Å². The molecular formula is C90H145N23O23S3. The molecule has 17 atom stereocenters. The third-order valence-electron chi connectivity index (χ3n) is 24.4. The number of thioether (sulfide) groups is 1. The molecule has 0 radical (unpaired) electrons. The van der Waals surface area contributed by atoms with Crippen molar-refractivity contribution in [1.29, 1.82) is 5.41 Å². The predicted molar refractivity (Wildman–Crippen MR) is 517 cm³/mol. The molecule has 5 aliphatic heterocycles. The van der Waals surface area contributed by atoms with Crippen molar-refractivity contribution in [3.05, 3.63) is 35.9 Å². The first-order chi connectivity index (χ1) is 66.0. The highest BCUT2D eigenvalue weighted by atomic mass is 33.1. The Labute approximate surface area is 821 Å². The summed E-state index contributed by atoms with van der Waals surface area (Å²) in [5, 5.41) is 75.6. The van der Waals surface area contributed by atoms with Crippen molar-refractivity contribution < 1.29 is 111 Å². The Morgan fingerprint density at radius 1 is 0.525 bits per heavy atom. The maximum Gasteiger partial charge on any atom is 0.305 e. The number of primary amides is 1. The van der Waals surface area contributed by atoms with Crippen LogP contribution in [0.1, 0.15) is 202 Å². The number of nitrogens with one attached hydrogen (secondary N) is 15. The molecule has 0 spiro atoms. The number of aliphatic hydroxyl groups excluding tert-OH is 1. The number of hydrogen-bond acceptors (Lipinski definition) is 27. The molecule has 5 fully saturated rings. The molecule has 18 amide bonds. The Morgan fingerprint density at radius 3 is 1.63 bits per heavy atom. The van der Waals surface area contributed by atoms with E-state index in [-0.39, 0.29) is 179 Å². The third kappa shape index (κ3) is 37.7. The van der Waals surface area contributed by atoms with E-state index in [4.69, 9.17) is 28.3 Å². The van der Waals surface area contributed by atoms with Gasteiger partial charge in [0.15, 0.2) is 5.96 Å². The first kappa shape index (κ1) is 117. The summed E-state index contributed by atoms with van der Waals surface area (Å²) in [6, 6.07) is -17.3. The van der Waals surface area contributed by atoms with Crippen molar-refractivity contribution in [3.63, 3.8) is 0 Å². The van der Waals surface area contributed by atoms with Crippen molar-refractivity contribution in [2.24, 2.45) is 40.7 Å². The van der Waals surface area contributed by atoms with E-state index in [2.05, 4.69) is 74.4 Å². The van der Waals surface area contributed by atoms with Crippen molar-refractivity contribution >= 4 is 158 Å². The number of carboxylic acid groups (broad SMARTS) is 2. The van der Waals surface area contributed by atoms with Crippen LogP contribution in [-0.4, -0.2) is 338 Å². The van der Waals surface area contributed by atoms with Gasteiger partial charge in [0.2, 0.25) is 106 Å². The van der Waals surface area contributed by atoms with E-state index in [1.54, 1.807) is 78.1 Å². The zero-order chi connectivity index (χ0) is 103. The van der Waals surface area contributed by atoms with Crippen LogP contribution in [0.5, 0.6) is 0 Å². The van der Waals surface area contributed by atoms with E-state index in [9.17, 15) is 72.9 Å². The van der Waals surface area contributed by atoms with Gasteiger partial charge < -0.3 is 132 Å². The van der Waals surface area contributed by atoms with E-state index in [1.165, 1.54) is 33.4 Å². The molecule has 0 aliphatic carbocycles. The maximum atomic E-state index is 15.6. The second-order valence-electron chi connectivity index (χ2n) is 36.7. The smallest absolute Gasteiger partial charge is 0.305 e. The number of nitrogens with two attached hydrogens (primary N) is 4. The molecule has 776 valence electrons. The monoisotopic (exact) mass is 2010 g/mol. The molecule has 5 aliphatic rings. The molecule has 26 N–H and O–H groups in total. The number of likely N-dealkylation sites (tertiary alicyclic amines) is 3. The van der Waals surface area contributed by atoms with Crippen LogP contribution in [0.3, 0.4) is 0 Å². The number of guanidine groups is 1. The molecule has 6 rings (SSSR count). The van der Waals surface area contributed by atoms with Crippen molar-refractivity contribution in [2.45, 2.75) is 305 Å². The van der Waals surface area contributed by atoms with Gasteiger partial charge in [-0.3, -0.25) is 101 Å². The van der Waals surface area contributed by atoms with Gasteiger partial charge in [0.25, 0.3) is 0 Å². The minimum Gasteiger partial charge on any atom is -0.481 e. The minimum absolute atomic E-state index is 0.00685. The van der Waals surface area contributed by atoms with Crippen LogP contribution in [-0.2, 0) is 102 Å². The quantitative estimate of drug-likeness (QED) is 0.0129. The summed E-state index contributed by atoms with van der Waals surface area (Å²) >= 11 is 1.32. The number of unbranched alkanes of at least 4 members (excludes halogenated alkanes) is 2. The van der Waals surface area contributed by atoms with E-state index in [0.29, 0.717) is 31.2 Å². The Bertz CT molecular complexity index is 4410. The molecule has 0 aromatic heterocycles. The lowest BCUT2D eigenvalue weighted by atomic mass is 10.00. The molecule has 0 bridgehead atoms. The Hall–Kier alpha value is -11.2. The fourth-order valence-corrected chi connectivity index (χ4v) is 19.9. The number of amides is 18. The lowest BCUT2D eigenvalue weighted by Gasteiger charge is -2.33. The molecule has 46 nitrogen and oxygen atoms in total. The number of fused-ring (bicyclic) bond motifs is 1. The van der Waals surface area contributed by atoms with Gasteiger partial charge in [0, 0.05) is 64.0 Å². The standard InChI is InChI=1S/C90H145N23O23S3/c1-49(2)43-60-78(125)100-56(25-16-36-96-90(94)95)74(121)99-55(23-12-14-34-91)75(122)107-63(44-50(3)4)87(134)110-37-17-26-66(110)85(132)106-62(46-71(118)119)80(127)108-64(47-114)81(128)105-61(45-53-21-10-9-11-22-53)79(126)101-58(33-42-138-139-48-65(82(129)104-60)109-77(124)57(32-41-137-8)102-84(131)68-28-19-39-112(68)89(136)72(51(5)6)97-52(7)115)76(123)103-59(24-13-15-35-92)86(133)113-40-20-29-69(113)88(135)111-38-18-27-67(111)83(130)98-54(73(93)120)30-31-70(116)117/h9-11,21-22,49-51,54-69,72,114H,12-20,23-48,91-92H2,1-8H3,(H2,93,120)(H,97,115)(H,98,130)(H,99,121)(H,100,125)(H,101,126)(H,102,131)(H,103,123)(H,104,129)(H,105,128)(H,106,132)(H,107,122)(H,108,127)(H,109,124)(H,116,117)(H,118,119)(H4,94,95,96)/t54-,55-,56-,57-,58-,59-,60-,61-,62-,63-,64-,65-,66-,67-,68-,69-,72-/m0/s1.